The molecule has 1 aliphatic carbocycles. The van der Waals surface area contributed by atoms with Gasteiger partial charge in [0.25, 0.3) is 0 Å². The molecule has 3 nitrogen and oxygen atoms in total. The van der Waals surface area contributed by atoms with Gasteiger partial charge in [-0.2, -0.15) is 0 Å². The molecule has 1 fully saturated rings. The Morgan fingerprint density at radius 3 is 2.69 bits per heavy atom. The van der Waals surface area contributed by atoms with Gasteiger partial charge in [0.05, 0.1) is 5.56 Å². The summed E-state index contributed by atoms with van der Waals surface area (Å²) in [6.45, 7) is 0. The van der Waals surface area contributed by atoms with E-state index in [2.05, 4.69) is 0 Å². The van der Waals surface area contributed by atoms with Gasteiger partial charge in [-0.3, -0.25) is 0 Å². The molecular weight excluding hydrogens is 226 g/mol. The van der Waals surface area contributed by atoms with Gasteiger partial charge >= 0.3 is 5.97 Å². The van der Waals surface area contributed by atoms with E-state index in [1.807, 2.05) is 0 Å². The van der Waals surface area contributed by atoms with Crippen LogP contribution in [0.15, 0.2) is 18.2 Å². The number of anilines is 1. The summed E-state index contributed by atoms with van der Waals surface area (Å²) >= 11 is 5.76. The molecule has 0 heterocycles. The van der Waals surface area contributed by atoms with Crippen molar-refractivity contribution in [2.24, 2.45) is 0 Å². The summed E-state index contributed by atoms with van der Waals surface area (Å²) in [5.74, 6) is -0.346. The summed E-state index contributed by atoms with van der Waals surface area (Å²) in [6, 6.07) is 4.81. The summed E-state index contributed by atoms with van der Waals surface area (Å²) in [6.07, 6.45) is 4.24. The summed E-state index contributed by atoms with van der Waals surface area (Å²) in [7, 11) is 0. The van der Waals surface area contributed by atoms with E-state index in [0.717, 1.165) is 25.7 Å². The highest BCUT2D eigenvalue weighted by Crippen LogP contribution is 2.24. The second kappa shape index (κ2) is 4.74. The number of carbonyl (C=O) groups excluding carboxylic acids is 1. The zero-order chi connectivity index (χ0) is 11.5. The van der Waals surface area contributed by atoms with Crippen molar-refractivity contribution in [2.75, 3.05) is 5.73 Å². The van der Waals surface area contributed by atoms with E-state index >= 15 is 0 Å². The lowest BCUT2D eigenvalue weighted by atomic mass is 10.2. The van der Waals surface area contributed by atoms with E-state index < -0.39 is 0 Å². The first-order chi connectivity index (χ1) is 7.66. The lowest BCUT2D eigenvalue weighted by molar-refractivity contribution is 0.0319. The van der Waals surface area contributed by atoms with E-state index in [1.54, 1.807) is 18.2 Å². The molecule has 0 atom stereocenters. The second-order valence-electron chi connectivity index (χ2n) is 4.04. The molecule has 2 rings (SSSR count). The molecule has 0 unspecified atom stereocenters. The smallest absolute Gasteiger partial charge is 0.340 e. The van der Waals surface area contributed by atoms with Crippen molar-refractivity contribution < 1.29 is 9.53 Å². The highest BCUT2D eigenvalue weighted by Gasteiger charge is 2.21. The highest BCUT2D eigenvalue weighted by atomic mass is 35.5. The van der Waals surface area contributed by atoms with Crippen molar-refractivity contribution in [1.29, 1.82) is 0 Å². The average Bonchev–Trinajstić information content (AvgIpc) is 2.70. The van der Waals surface area contributed by atoms with Crippen LogP contribution >= 0.6 is 11.6 Å². The fourth-order valence-electron chi connectivity index (χ4n) is 1.94. The average molecular weight is 240 g/mol. The third kappa shape index (κ3) is 2.47. The summed E-state index contributed by atoms with van der Waals surface area (Å²) < 4.78 is 5.36. The van der Waals surface area contributed by atoms with Crippen molar-refractivity contribution in [3.05, 3.63) is 28.8 Å². The van der Waals surface area contributed by atoms with Crippen LogP contribution in [0.2, 0.25) is 5.02 Å². The molecule has 0 radical (unpaired) electrons. The topological polar surface area (TPSA) is 52.3 Å². The van der Waals surface area contributed by atoms with Gasteiger partial charge in [0.15, 0.2) is 0 Å². The fraction of sp³-hybridized carbons (Fsp3) is 0.417. The molecule has 1 aromatic rings. The number of ether oxygens (including phenoxy) is 1. The van der Waals surface area contributed by atoms with Gasteiger partial charge in [-0.15, -0.1) is 0 Å². The number of carbonyl (C=O) groups is 1. The quantitative estimate of drug-likeness (QED) is 0.638. The SMILES string of the molecule is Nc1cc(Cl)ccc1C(=O)OC1CCCC1. The van der Waals surface area contributed by atoms with Crippen LogP contribution in [-0.2, 0) is 4.74 Å². The van der Waals surface area contributed by atoms with Crippen LogP contribution in [0.3, 0.4) is 0 Å². The number of rotatable bonds is 2. The summed E-state index contributed by atoms with van der Waals surface area (Å²) in [5, 5.41) is 0.523. The Kier molecular flexibility index (Phi) is 3.34. The van der Waals surface area contributed by atoms with E-state index in [0.29, 0.717) is 16.3 Å². The monoisotopic (exact) mass is 239 g/mol. The Morgan fingerprint density at radius 2 is 2.06 bits per heavy atom. The maximum absolute atomic E-state index is 11.8. The Morgan fingerprint density at radius 1 is 1.38 bits per heavy atom. The molecule has 1 aliphatic rings. The van der Waals surface area contributed by atoms with Crippen LogP contribution in [-0.4, -0.2) is 12.1 Å². The van der Waals surface area contributed by atoms with Crippen LogP contribution in [0.1, 0.15) is 36.0 Å². The second-order valence-corrected chi connectivity index (χ2v) is 4.48. The number of halogens is 1. The minimum absolute atomic E-state index is 0.0579. The number of nitrogens with two attached hydrogens (primary N) is 1. The highest BCUT2D eigenvalue weighted by molar-refractivity contribution is 6.31. The van der Waals surface area contributed by atoms with Gasteiger partial charge in [-0.1, -0.05) is 11.6 Å². The molecule has 2 N–H and O–H groups in total. The molecule has 0 amide bonds. The van der Waals surface area contributed by atoms with Gasteiger partial charge in [0, 0.05) is 10.7 Å². The Hall–Kier alpha value is -1.22. The fourth-order valence-corrected chi connectivity index (χ4v) is 2.12. The van der Waals surface area contributed by atoms with E-state index in [1.165, 1.54) is 0 Å². The third-order valence-electron chi connectivity index (χ3n) is 2.81. The summed E-state index contributed by atoms with van der Waals surface area (Å²) in [5.41, 5.74) is 6.48. The van der Waals surface area contributed by atoms with Crippen LogP contribution in [0, 0.1) is 0 Å². The molecule has 1 saturated carbocycles. The molecule has 0 bridgehead atoms. The van der Waals surface area contributed by atoms with E-state index in [4.69, 9.17) is 22.1 Å². The van der Waals surface area contributed by atoms with E-state index in [9.17, 15) is 4.79 Å². The number of hydrogen-bond acceptors (Lipinski definition) is 3. The van der Waals surface area contributed by atoms with Gasteiger partial charge in [0.1, 0.15) is 6.10 Å². The standard InChI is InChI=1S/C12H14ClNO2/c13-8-5-6-10(11(14)7-8)12(15)16-9-3-1-2-4-9/h5-7,9H,1-4,14H2. The van der Waals surface area contributed by atoms with Crippen molar-refractivity contribution >= 4 is 23.3 Å². The molecule has 0 aliphatic heterocycles. The third-order valence-corrected chi connectivity index (χ3v) is 3.04. The molecule has 0 aromatic heterocycles. The Bertz CT molecular complexity index is 400. The van der Waals surface area contributed by atoms with Crippen LogP contribution in [0.4, 0.5) is 5.69 Å². The van der Waals surface area contributed by atoms with Gasteiger partial charge < -0.3 is 10.5 Å². The van der Waals surface area contributed by atoms with Gasteiger partial charge in [-0.25, -0.2) is 4.79 Å². The summed E-state index contributed by atoms with van der Waals surface area (Å²) in [4.78, 5) is 11.8. The normalized spacial score (nSPS) is 16.3. The molecular formula is C12H14ClNO2. The van der Waals surface area contributed by atoms with Crippen LogP contribution < -0.4 is 5.73 Å². The molecule has 0 saturated heterocycles. The zero-order valence-electron chi connectivity index (χ0n) is 8.91. The largest absolute Gasteiger partial charge is 0.459 e. The Balaban J connectivity index is 2.08. The minimum atomic E-state index is -0.346. The first-order valence-electron chi connectivity index (χ1n) is 5.43. The molecule has 4 heteroatoms. The molecule has 0 spiro atoms. The number of esters is 1. The van der Waals surface area contributed by atoms with E-state index in [-0.39, 0.29) is 12.1 Å². The maximum atomic E-state index is 11.8. The first kappa shape index (κ1) is 11.3. The van der Waals surface area contributed by atoms with Crippen molar-refractivity contribution in [1.82, 2.24) is 0 Å². The van der Waals surface area contributed by atoms with Crippen molar-refractivity contribution in [3.8, 4) is 0 Å². The van der Waals surface area contributed by atoms with Crippen molar-refractivity contribution in [3.63, 3.8) is 0 Å². The molecule has 86 valence electrons. The lowest BCUT2D eigenvalue weighted by Gasteiger charge is -2.12. The predicted octanol–water partition coefficient (Wildman–Crippen LogP) is 3.02. The Labute approximate surface area is 99.5 Å². The minimum Gasteiger partial charge on any atom is -0.459 e. The molecule has 16 heavy (non-hydrogen) atoms. The van der Waals surface area contributed by atoms with Crippen LogP contribution in [0.25, 0.3) is 0 Å². The number of hydrogen-bond donors (Lipinski definition) is 1. The van der Waals surface area contributed by atoms with Crippen LogP contribution in [0.5, 0.6) is 0 Å². The number of benzene rings is 1. The number of nitrogen functional groups attached to an aromatic ring is 1. The maximum Gasteiger partial charge on any atom is 0.340 e. The first-order valence-corrected chi connectivity index (χ1v) is 5.80. The molecule has 1 aromatic carbocycles. The predicted molar refractivity (Wildman–Crippen MR) is 63.5 cm³/mol. The lowest BCUT2D eigenvalue weighted by Crippen LogP contribution is -2.16. The van der Waals surface area contributed by atoms with Gasteiger partial charge in [-0.05, 0) is 43.9 Å². The van der Waals surface area contributed by atoms with Gasteiger partial charge in [0.2, 0.25) is 0 Å². The van der Waals surface area contributed by atoms with Crippen molar-refractivity contribution in [2.45, 2.75) is 31.8 Å². The zero-order valence-corrected chi connectivity index (χ0v) is 9.67.